The maximum atomic E-state index is 13.0. The third-order valence-electron chi connectivity index (χ3n) is 6.28. The highest BCUT2D eigenvalue weighted by molar-refractivity contribution is 5.94. The molecule has 1 aromatic heterocycles. The molecule has 2 aromatic rings. The quantitative estimate of drug-likeness (QED) is 0.725. The molecule has 0 spiro atoms. The highest BCUT2D eigenvalue weighted by Gasteiger charge is 2.41. The van der Waals surface area contributed by atoms with Crippen molar-refractivity contribution in [2.75, 3.05) is 6.54 Å². The molecule has 0 N–H and O–H groups in total. The first-order valence-corrected chi connectivity index (χ1v) is 10.5. The van der Waals surface area contributed by atoms with Crippen LogP contribution in [-0.2, 0) is 4.74 Å². The van der Waals surface area contributed by atoms with Gasteiger partial charge >= 0.3 is 5.97 Å². The molecule has 2 unspecified atom stereocenters. The lowest BCUT2D eigenvalue weighted by Gasteiger charge is -2.38. The van der Waals surface area contributed by atoms with E-state index in [1.165, 1.54) is 0 Å². The molecule has 152 valence electrons. The van der Waals surface area contributed by atoms with E-state index in [1.54, 1.807) is 10.6 Å². The third kappa shape index (κ3) is 3.67. The summed E-state index contributed by atoms with van der Waals surface area (Å²) in [7, 11) is 0. The normalized spacial score (nSPS) is 24.0. The molecule has 6 heteroatoms. The van der Waals surface area contributed by atoms with E-state index in [-0.39, 0.29) is 23.3 Å². The SMILES string of the molecule is CC(C)n1c(=O)c(C(=O)OC2CC3CCC(C2)N3CCC#N)cc2ccccc21. The van der Waals surface area contributed by atoms with E-state index in [1.807, 2.05) is 38.1 Å². The number of benzene rings is 1. The summed E-state index contributed by atoms with van der Waals surface area (Å²) in [6.07, 6.45) is 4.08. The molecule has 29 heavy (non-hydrogen) atoms. The minimum Gasteiger partial charge on any atom is -0.459 e. The average molecular weight is 393 g/mol. The summed E-state index contributed by atoms with van der Waals surface area (Å²) in [6.45, 7) is 4.67. The van der Waals surface area contributed by atoms with Gasteiger partial charge in [0.15, 0.2) is 0 Å². The van der Waals surface area contributed by atoms with E-state index < -0.39 is 5.97 Å². The van der Waals surface area contributed by atoms with Crippen LogP contribution in [0.2, 0.25) is 0 Å². The molecule has 2 atom stereocenters. The number of para-hydroxylation sites is 1. The average Bonchev–Trinajstić information content (AvgIpc) is 2.93. The number of nitrogens with zero attached hydrogens (tertiary/aromatic N) is 3. The van der Waals surface area contributed by atoms with Crippen LogP contribution in [0, 0.1) is 11.3 Å². The highest BCUT2D eigenvalue weighted by Crippen LogP contribution is 2.37. The first-order chi connectivity index (χ1) is 14.0. The number of carbonyl (C=O) groups is 1. The Hall–Kier alpha value is -2.65. The van der Waals surface area contributed by atoms with Gasteiger partial charge in [-0.05, 0) is 44.2 Å². The zero-order valence-corrected chi connectivity index (χ0v) is 17.0. The van der Waals surface area contributed by atoms with Crippen molar-refractivity contribution in [1.82, 2.24) is 9.47 Å². The van der Waals surface area contributed by atoms with Gasteiger partial charge in [-0.1, -0.05) is 18.2 Å². The maximum Gasteiger partial charge on any atom is 0.344 e. The molecule has 3 heterocycles. The van der Waals surface area contributed by atoms with Gasteiger partial charge in [0.2, 0.25) is 0 Å². The van der Waals surface area contributed by atoms with Gasteiger partial charge in [0.25, 0.3) is 5.56 Å². The number of esters is 1. The predicted molar refractivity (Wildman–Crippen MR) is 111 cm³/mol. The van der Waals surface area contributed by atoms with Crippen LogP contribution in [0.5, 0.6) is 0 Å². The summed E-state index contributed by atoms with van der Waals surface area (Å²) in [6, 6.07) is 12.2. The van der Waals surface area contributed by atoms with Crippen molar-refractivity contribution in [2.24, 2.45) is 0 Å². The first kappa shape index (κ1) is 19.7. The number of ether oxygens (including phenoxy) is 1. The summed E-state index contributed by atoms with van der Waals surface area (Å²) in [5, 5.41) is 9.73. The minimum absolute atomic E-state index is 0.0561. The van der Waals surface area contributed by atoms with Crippen molar-refractivity contribution >= 4 is 16.9 Å². The summed E-state index contributed by atoms with van der Waals surface area (Å²) in [5.74, 6) is -0.523. The minimum atomic E-state index is -0.523. The number of piperidine rings is 1. The summed E-state index contributed by atoms with van der Waals surface area (Å²) < 4.78 is 7.50. The van der Waals surface area contributed by atoms with E-state index in [4.69, 9.17) is 10.00 Å². The van der Waals surface area contributed by atoms with E-state index in [0.717, 1.165) is 43.1 Å². The van der Waals surface area contributed by atoms with Crippen LogP contribution in [-0.4, -0.2) is 40.2 Å². The molecule has 0 aliphatic carbocycles. The molecular weight excluding hydrogens is 366 g/mol. The van der Waals surface area contributed by atoms with E-state index in [9.17, 15) is 9.59 Å². The second-order valence-corrected chi connectivity index (χ2v) is 8.42. The Balaban J connectivity index is 1.56. The van der Waals surface area contributed by atoms with Crippen molar-refractivity contribution in [3.05, 3.63) is 46.2 Å². The smallest absolute Gasteiger partial charge is 0.344 e. The fourth-order valence-electron chi connectivity index (χ4n) is 5.02. The Morgan fingerprint density at radius 3 is 2.59 bits per heavy atom. The number of fused-ring (bicyclic) bond motifs is 3. The Labute approximate surface area is 170 Å². The third-order valence-corrected chi connectivity index (χ3v) is 6.28. The lowest BCUT2D eigenvalue weighted by molar-refractivity contribution is -0.00569. The number of carbonyl (C=O) groups excluding carboxylic acids is 1. The first-order valence-electron chi connectivity index (χ1n) is 10.5. The fourth-order valence-corrected chi connectivity index (χ4v) is 5.02. The zero-order chi connectivity index (χ0) is 20.5. The molecule has 2 aliphatic rings. The predicted octanol–water partition coefficient (Wildman–Crippen LogP) is 3.65. The van der Waals surface area contributed by atoms with E-state index in [0.29, 0.717) is 18.5 Å². The Bertz CT molecular complexity index is 1010. The number of aromatic nitrogens is 1. The van der Waals surface area contributed by atoms with Crippen molar-refractivity contribution in [3.8, 4) is 6.07 Å². The largest absolute Gasteiger partial charge is 0.459 e. The van der Waals surface area contributed by atoms with Gasteiger partial charge < -0.3 is 9.30 Å². The van der Waals surface area contributed by atoms with Crippen molar-refractivity contribution in [3.63, 3.8) is 0 Å². The lowest BCUT2D eigenvalue weighted by Crippen LogP contribution is -2.46. The summed E-state index contributed by atoms with van der Waals surface area (Å²) in [4.78, 5) is 28.4. The van der Waals surface area contributed by atoms with Gasteiger partial charge in [0.1, 0.15) is 11.7 Å². The summed E-state index contributed by atoms with van der Waals surface area (Å²) >= 11 is 0. The van der Waals surface area contributed by atoms with Gasteiger partial charge in [-0.3, -0.25) is 9.69 Å². The van der Waals surface area contributed by atoms with Crippen LogP contribution in [0.15, 0.2) is 35.1 Å². The van der Waals surface area contributed by atoms with E-state index in [2.05, 4.69) is 11.0 Å². The van der Waals surface area contributed by atoms with Crippen molar-refractivity contribution < 1.29 is 9.53 Å². The molecule has 0 amide bonds. The van der Waals surface area contributed by atoms with Crippen LogP contribution in [0.4, 0.5) is 0 Å². The number of rotatable bonds is 5. The number of pyridine rings is 1. The molecule has 0 radical (unpaired) electrons. The van der Waals surface area contributed by atoms with E-state index >= 15 is 0 Å². The molecule has 2 bridgehead atoms. The molecule has 6 nitrogen and oxygen atoms in total. The van der Waals surface area contributed by atoms with Crippen LogP contribution in [0.25, 0.3) is 10.9 Å². The highest BCUT2D eigenvalue weighted by atomic mass is 16.5. The van der Waals surface area contributed by atoms with Crippen molar-refractivity contribution in [1.29, 1.82) is 5.26 Å². The number of hydrogen-bond donors (Lipinski definition) is 0. The van der Waals surface area contributed by atoms with Gasteiger partial charge in [-0.25, -0.2) is 4.79 Å². The second-order valence-electron chi connectivity index (χ2n) is 8.42. The van der Waals surface area contributed by atoms with Crippen LogP contribution in [0.1, 0.15) is 62.4 Å². The molecule has 2 aliphatic heterocycles. The van der Waals surface area contributed by atoms with Crippen molar-refractivity contribution in [2.45, 2.75) is 70.2 Å². The molecule has 2 saturated heterocycles. The molecule has 4 rings (SSSR count). The van der Waals surface area contributed by atoms with Gasteiger partial charge in [0.05, 0.1) is 11.6 Å². The number of hydrogen-bond acceptors (Lipinski definition) is 5. The topological polar surface area (TPSA) is 75.3 Å². The zero-order valence-electron chi connectivity index (χ0n) is 17.0. The standard InChI is InChI=1S/C23H27N3O3/c1-15(2)26-21-7-4-3-6-16(21)12-20(22(26)27)23(28)29-19-13-17-8-9-18(14-19)25(17)11-5-10-24/h3-4,6-7,12,15,17-19H,5,8-9,11,13-14H2,1-2H3. The fraction of sp³-hybridized carbons (Fsp3) is 0.522. The second kappa shape index (κ2) is 8.00. The Kier molecular flexibility index (Phi) is 5.42. The van der Waals surface area contributed by atoms with Gasteiger partial charge in [0, 0.05) is 43.9 Å². The molecular formula is C23H27N3O3. The van der Waals surface area contributed by atoms with Gasteiger partial charge in [-0.2, -0.15) is 5.26 Å². The molecule has 1 aromatic carbocycles. The van der Waals surface area contributed by atoms with Crippen LogP contribution in [0.3, 0.4) is 0 Å². The maximum absolute atomic E-state index is 13.0. The molecule has 0 saturated carbocycles. The summed E-state index contributed by atoms with van der Waals surface area (Å²) in [5.41, 5.74) is 0.641. The number of nitriles is 1. The Morgan fingerprint density at radius 2 is 1.93 bits per heavy atom. The van der Waals surface area contributed by atoms with Crippen LogP contribution >= 0.6 is 0 Å². The molecule has 2 fully saturated rings. The Morgan fingerprint density at radius 1 is 1.24 bits per heavy atom. The monoisotopic (exact) mass is 393 g/mol. The van der Waals surface area contributed by atoms with Gasteiger partial charge in [-0.15, -0.1) is 0 Å². The van der Waals surface area contributed by atoms with Crippen LogP contribution < -0.4 is 5.56 Å². The lowest BCUT2D eigenvalue weighted by atomic mass is 9.99.